The Labute approximate surface area is 442 Å². The summed E-state index contributed by atoms with van der Waals surface area (Å²) in [7, 11) is 3.18. The first-order valence-corrected chi connectivity index (χ1v) is 27.7. The highest BCUT2D eigenvalue weighted by molar-refractivity contribution is 8.76. The normalized spacial score (nSPS) is 17.5. The van der Waals surface area contributed by atoms with E-state index in [-0.39, 0.29) is 110 Å². The van der Waals surface area contributed by atoms with Crippen LogP contribution in [-0.2, 0) is 75.6 Å². The largest absolute Gasteiger partial charge is 0.457 e. The Morgan fingerprint density at radius 2 is 1.00 bits per heavy atom. The van der Waals surface area contributed by atoms with Crippen molar-refractivity contribution in [2.24, 2.45) is 0 Å². The summed E-state index contributed by atoms with van der Waals surface area (Å²) in [5, 5.41) is 12.6. The van der Waals surface area contributed by atoms with Gasteiger partial charge in [-0.1, -0.05) is 71.8 Å². The summed E-state index contributed by atoms with van der Waals surface area (Å²) in [5.74, 6) is -0.561. The zero-order chi connectivity index (χ0) is 53.1. The molecule has 22 heteroatoms. The fraction of sp³-hybridized carbons (Fsp3) is 0.370. The summed E-state index contributed by atoms with van der Waals surface area (Å²) in [5.41, 5.74) is 2.17. The van der Waals surface area contributed by atoms with E-state index in [4.69, 9.17) is 28.9 Å². The van der Waals surface area contributed by atoms with Crippen molar-refractivity contribution in [2.45, 2.75) is 89.9 Å². The number of ether oxygens (including phenoxy) is 4. The van der Waals surface area contributed by atoms with Crippen LogP contribution in [0.5, 0.6) is 0 Å². The van der Waals surface area contributed by atoms with E-state index in [1.165, 1.54) is 0 Å². The molecule has 4 amide bonds. The van der Waals surface area contributed by atoms with Crippen LogP contribution in [0.3, 0.4) is 0 Å². The van der Waals surface area contributed by atoms with E-state index in [2.05, 4.69) is 21.3 Å². The number of hydrogen-bond donors (Lipinski definition) is 4. The van der Waals surface area contributed by atoms with Crippen molar-refractivity contribution in [3.63, 3.8) is 0 Å². The average molecular weight is 1070 g/mol. The van der Waals surface area contributed by atoms with Gasteiger partial charge in [-0.15, -0.1) is 0 Å². The fourth-order valence-electron chi connectivity index (χ4n) is 10.2. The molecule has 0 saturated heterocycles. The van der Waals surface area contributed by atoms with E-state index in [9.17, 15) is 38.4 Å². The van der Waals surface area contributed by atoms with E-state index in [1.54, 1.807) is 56.7 Å². The number of nitrogens with one attached hydrogen (secondary N) is 4. The van der Waals surface area contributed by atoms with Crippen LogP contribution in [-0.4, -0.2) is 92.7 Å². The van der Waals surface area contributed by atoms with Gasteiger partial charge in [0.25, 0.3) is 11.1 Å². The topological polar surface area (TPSA) is 257 Å². The molecule has 0 spiro atoms. The number of nitrogens with zero attached hydrogens (tertiary/aromatic N) is 4. The van der Waals surface area contributed by atoms with Crippen LogP contribution < -0.4 is 32.4 Å². The number of esters is 2. The van der Waals surface area contributed by atoms with Crippen molar-refractivity contribution in [1.29, 1.82) is 0 Å². The first-order chi connectivity index (χ1) is 36.8. The maximum Gasteiger partial charge on any atom is 0.408 e. The molecule has 76 heavy (non-hydrogen) atoms. The van der Waals surface area contributed by atoms with Gasteiger partial charge in [-0.05, 0) is 62.1 Å². The second-order valence-corrected chi connectivity index (χ2v) is 21.4. The van der Waals surface area contributed by atoms with Crippen molar-refractivity contribution < 1.29 is 47.7 Å². The van der Waals surface area contributed by atoms with Crippen LogP contribution in [0.2, 0.25) is 0 Å². The Morgan fingerprint density at radius 3 is 1.42 bits per heavy atom. The van der Waals surface area contributed by atoms with Gasteiger partial charge in [-0.25, -0.2) is 29.1 Å². The first kappa shape index (κ1) is 51.8. The summed E-state index contributed by atoms with van der Waals surface area (Å²) in [6, 6.07) is 22.7. The number of para-hydroxylation sites is 2. The summed E-state index contributed by atoms with van der Waals surface area (Å²) in [6.45, 7) is 3.75. The molecular formula is C54H54N8O12S2. The lowest BCUT2D eigenvalue weighted by Crippen LogP contribution is -2.49. The van der Waals surface area contributed by atoms with E-state index in [0.29, 0.717) is 60.2 Å². The molecule has 394 valence electrons. The Morgan fingerprint density at radius 1 is 0.592 bits per heavy atom. The number of rotatable bonds is 19. The monoisotopic (exact) mass is 1070 g/mol. The molecule has 0 unspecified atom stereocenters. The van der Waals surface area contributed by atoms with Gasteiger partial charge in [0.05, 0.1) is 58.0 Å². The second kappa shape index (κ2) is 21.9. The summed E-state index contributed by atoms with van der Waals surface area (Å²) < 4.78 is 25.7. The highest BCUT2D eigenvalue weighted by Gasteiger charge is 2.52. The molecule has 4 aromatic heterocycles. The molecule has 0 bridgehead atoms. The van der Waals surface area contributed by atoms with Gasteiger partial charge in [0.15, 0.2) is 0 Å². The van der Waals surface area contributed by atoms with E-state index in [0.717, 1.165) is 32.9 Å². The van der Waals surface area contributed by atoms with E-state index >= 15 is 0 Å². The minimum atomic E-state index is -1.86. The maximum absolute atomic E-state index is 13.8. The number of alkyl carbamates (subject to hydrolysis) is 2. The molecule has 0 fully saturated rings. The number of carbonyl (C=O) groups excluding carboxylic acids is 6. The summed E-state index contributed by atoms with van der Waals surface area (Å²) in [4.78, 5) is 115. The van der Waals surface area contributed by atoms with E-state index in [1.807, 2.05) is 60.7 Å². The second-order valence-electron chi connectivity index (χ2n) is 18.7. The predicted molar refractivity (Wildman–Crippen MR) is 283 cm³/mol. The molecule has 0 aliphatic carbocycles. The van der Waals surface area contributed by atoms with Gasteiger partial charge in [0.1, 0.15) is 13.2 Å². The molecule has 6 aromatic rings. The average Bonchev–Trinajstić information content (AvgIpc) is 4.02. The van der Waals surface area contributed by atoms with Crippen LogP contribution in [0.25, 0.3) is 44.6 Å². The minimum absolute atomic E-state index is 0.0114. The van der Waals surface area contributed by atoms with Gasteiger partial charge >= 0.3 is 24.1 Å². The molecule has 8 heterocycles. The lowest BCUT2D eigenvalue weighted by Gasteiger charge is -2.35. The smallest absolute Gasteiger partial charge is 0.408 e. The molecule has 4 N–H and O–H groups in total. The SMILES string of the molecule is CC[C@@]1(OC(=O)NCCNC(=O)CCCSSCCCC(=O)NCCNC(=O)O[C@]2(CC)C(=O)OCc3c2cc2n(c3=O)Cc3cc4ccccc4nc3-2)C(=O)OCc2c1cc1n(c2=O)Cc2cc3ccccc3nc2-1. The number of pyridine rings is 4. The quantitative estimate of drug-likeness (QED) is 0.0322. The van der Waals surface area contributed by atoms with Crippen LogP contribution in [0, 0.1) is 0 Å². The number of fused-ring (bicyclic) bond motifs is 10. The van der Waals surface area contributed by atoms with Gasteiger partial charge in [-0.2, -0.15) is 0 Å². The molecule has 20 nitrogen and oxygen atoms in total. The van der Waals surface area contributed by atoms with Crippen molar-refractivity contribution >= 4 is 79.3 Å². The van der Waals surface area contributed by atoms with Crippen LogP contribution >= 0.6 is 21.6 Å². The van der Waals surface area contributed by atoms with Crippen molar-refractivity contribution in [3.8, 4) is 22.8 Å². The minimum Gasteiger partial charge on any atom is -0.457 e. The number of benzene rings is 2. The number of hydrogen-bond acceptors (Lipinski definition) is 16. The Kier molecular flexibility index (Phi) is 14.9. The van der Waals surface area contributed by atoms with Gasteiger partial charge in [0, 0.05) is 83.6 Å². The summed E-state index contributed by atoms with van der Waals surface area (Å²) in [6.07, 6.45) is -0.0510. The first-order valence-electron chi connectivity index (χ1n) is 25.2. The fourth-order valence-corrected chi connectivity index (χ4v) is 12.3. The van der Waals surface area contributed by atoms with Crippen LogP contribution in [0.15, 0.2) is 82.4 Å². The molecule has 4 aliphatic rings. The van der Waals surface area contributed by atoms with E-state index < -0.39 is 35.3 Å². The van der Waals surface area contributed by atoms with Gasteiger partial charge < -0.3 is 49.3 Å². The number of carbonyl (C=O) groups is 6. The zero-order valence-corrected chi connectivity index (χ0v) is 43.4. The molecule has 10 rings (SSSR count). The van der Waals surface area contributed by atoms with Gasteiger partial charge in [0.2, 0.25) is 23.0 Å². The van der Waals surface area contributed by atoms with Crippen molar-refractivity contribution in [2.75, 3.05) is 37.7 Å². The zero-order valence-electron chi connectivity index (χ0n) is 41.7. The molecule has 2 aromatic carbocycles. The lowest BCUT2D eigenvalue weighted by molar-refractivity contribution is -0.173. The molecule has 0 saturated carbocycles. The molecular weight excluding hydrogens is 1020 g/mol. The number of aromatic nitrogens is 4. The lowest BCUT2D eigenvalue weighted by atomic mass is 9.85. The Hall–Kier alpha value is -7.72. The predicted octanol–water partition coefficient (Wildman–Crippen LogP) is 5.81. The van der Waals surface area contributed by atoms with Gasteiger partial charge in [-0.3, -0.25) is 19.2 Å². The third-order valence-electron chi connectivity index (χ3n) is 14.1. The Bertz CT molecular complexity index is 3270. The highest BCUT2D eigenvalue weighted by Crippen LogP contribution is 2.43. The third-order valence-corrected chi connectivity index (χ3v) is 16.7. The van der Waals surface area contributed by atoms with Crippen molar-refractivity contribution in [3.05, 3.63) is 127 Å². The molecule has 4 aliphatic heterocycles. The number of amides is 4. The third kappa shape index (κ3) is 9.86. The summed E-state index contributed by atoms with van der Waals surface area (Å²) >= 11 is 0. The maximum atomic E-state index is 13.8. The standard InChI is InChI=1S/C54H54N8O12S2/c1-3-53(37-25-41-45-33(23-31-11-5-7-13-39(31)59-45)27-61(41)47(65)35(37)29-71-49(53)67)73-51(69)57-19-17-55-43(63)15-9-21-75-76-22-10-16-44(64)56-18-20-58-52(70)74-54(4-2)38-26-42-46-34(24-32-12-6-8-14-40(32)60-46)28-62(42)48(66)36(38)30-72-50(54)68/h5-8,11-14,23-26H,3-4,9-10,15-22,27-30H2,1-2H3,(H,55,63)(H,56,64)(H,57,69)(H,58,70)/t53-,54-/m0/s1. The number of cyclic esters (lactones) is 2. The van der Waals surface area contributed by atoms with Crippen LogP contribution in [0.1, 0.15) is 85.8 Å². The molecule has 2 atom stereocenters. The van der Waals surface area contributed by atoms with Crippen molar-refractivity contribution in [1.82, 2.24) is 40.4 Å². The Balaban J connectivity index is 0.601. The molecule has 0 radical (unpaired) electrons. The van der Waals surface area contributed by atoms with Crippen LogP contribution in [0.4, 0.5) is 9.59 Å². The highest BCUT2D eigenvalue weighted by atomic mass is 33.1.